The first-order chi connectivity index (χ1) is 22.6. The van der Waals surface area contributed by atoms with Gasteiger partial charge in [-0.1, -0.05) is 94.3 Å². The lowest BCUT2D eigenvalue weighted by atomic mass is 9.93. The molecule has 0 aromatic heterocycles. The molecule has 9 heteroatoms. The Morgan fingerprint density at radius 3 is 1.90 bits per heavy atom. The van der Waals surface area contributed by atoms with Crippen molar-refractivity contribution in [1.82, 2.24) is 9.80 Å². The van der Waals surface area contributed by atoms with Gasteiger partial charge in [0.05, 0.1) is 11.3 Å². The average molecular weight is 725 g/mol. The Bertz CT molecular complexity index is 1370. The highest BCUT2D eigenvalue weighted by Crippen LogP contribution is 2.30. The molecule has 0 saturated heterocycles. The number of nitrogen functional groups attached to an aromatic ring is 1. The smallest absolute Gasteiger partial charge is 0.338 e. The fourth-order valence-electron chi connectivity index (χ4n) is 5.71. The highest BCUT2D eigenvalue weighted by molar-refractivity contribution is 9.10. The molecule has 4 rings (SSSR count). The summed E-state index contributed by atoms with van der Waals surface area (Å²) in [5, 5.41) is 0. The van der Waals surface area contributed by atoms with Crippen LogP contribution in [0.1, 0.15) is 99.1 Å². The largest absolute Gasteiger partial charge is 0.465 e. The Hall–Kier alpha value is -3.53. The number of hydrogen-bond donors (Lipinski definition) is 1. The van der Waals surface area contributed by atoms with E-state index in [2.05, 4.69) is 46.5 Å². The summed E-state index contributed by atoms with van der Waals surface area (Å²) in [6.45, 7) is 11.1. The first-order valence-electron chi connectivity index (χ1n) is 16.6. The third kappa shape index (κ3) is 13.2. The standard InChI is InChI=1S/C25H40BrN3O4.C13H10O.CH4/c1-5-28(22-9-7-6-8-10-22)17-21-15-20(16-23(26)24(21)27)25(31)33-14-12-29(18(2)3)11-13-32-19(4)30;14-13(11-7-3-1-4-8-11)12-9-5-2-6-10-12;/h15-16,18,22H,5-14,17,27H2,1-4H3;1-10H;1H4. The van der Waals surface area contributed by atoms with Gasteiger partial charge in [-0.05, 0) is 66.9 Å². The maximum Gasteiger partial charge on any atom is 0.338 e. The summed E-state index contributed by atoms with van der Waals surface area (Å²) >= 11 is 3.52. The molecule has 0 heterocycles. The van der Waals surface area contributed by atoms with Crippen molar-refractivity contribution in [1.29, 1.82) is 0 Å². The van der Waals surface area contributed by atoms with E-state index < -0.39 is 0 Å². The number of anilines is 1. The number of benzene rings is 3. The number of ether oxygens (including phenoxy) is 2. The lowest BCUT2D eigenvalue weighted by Gasteiger charge is -2.34. The second-order valence-electron chi connectivity index (χ2n) is 12.1. The van der Waals surface area contributed by atoms with Gasteiger partial charge in [0.2, 0.25) is 0 Å². The van der Waals surface area contributed by atoms with Crippen LogP contribution in [-0.2, 0) is 20.8 Å². The lowest BCUT2D eigenvalue weighted by molar-refractivity contribution is -0.141. The summed E-state index contributed by atoms with van der Waals surface area (Å²) in [6.07, 6.45) is 6.32. The first kappa shape index (κ1) is 40.6. The fourth-order valence-corrected chi connectivity index (χ4v) is 6.21. The Morgan fingerprint density at radius 2 is 1.40 bits per heavy atom. The lowest BCUT2D eigenvalue weighted by Crippen LogP contribution is -2.37. The van der Waals surface area contributed by atoms with Crippen molar-refractivity contribution >= 4 is 39.3 Å². The van der Waals surface area contributed by atoms with E-state index in [0.29, 0.717) is 37.0 Å². The van der Waals surface area contributed by atoms with Gasteiger partial charge < -0.3 is 15.2 Å². The first-order valence-corrected chi connectivity index (χ1v) is 17.4. The number of rotatable bonds is 14. The normalized spacial score (nSPS) is 13.0. The van der Waals surface area contributed by atoms with Crippen LogP contribution < -0.4 is 5.73 Å². The predicted octanol–water partition coefficient (Wildman–Crippen LogP) is 8.17. The van der Waals surface area contributed by atoms with E-state index in [1.807, 2.05) is 66.7 Å². The molecular formula is C39H54BrN3O5. The van der Waals surface area contributed by atoms with Crippen LogP contribution in [0.25, 0.3) is 0 Å². The number of carbonyl (C=O) groups is 3. The molecule has 0 spiro atoms. The van der Waals surface area contributed by atoms with Gasteiger partial charge >= 0.3 is 11.9 Å². The van der Waals surface area contributed by atoms with Gasteiger partial charge in [-0.2, -0.15) is 0 Å². The monoisotopic (exact) mass is 723 g/mol. The molecule has 2 N–H and O–H groups in total. The maximum absolute atomic E-state index is 12.8. The topological polar surface area (TPSA) is 102 Å². The van der Waals surface area contributed by atoms with Crippen LogP contribution in [0.2, 0.25) is 0 Å². The van der Waals surface area contributed by atoms with Crippen LogP contribution in [-0.4, -0.2) is 72.5 Å². The molecule has 0 amide bonds. The molecule has 8 nitrogen and oxygen atoms in total. The molecule has 1 saturated carbocycles. The summed E-state index contributed by atoms with van der Waals surface area (Å²) in [4.78, 5) is 40.2. The molecule has 1 aliphatic carbocycles. The summed E-state index contributed by atoms with van der Waals surface area (Å²) < 4.78 is 11.3. The number of halogens is 1. The zero-order valence-electron chi connectivity index (χ0n) is 28.3. The van der Waals surface area contributed by atoms with E-state index in [9.17, 15) is 14.4 Å². The quantitative estimate of drug-likeness (QED) is 0.101. The summed E-state index contributed by atoms with van der Waals surface area (Å²) in [5.74, 6) is -0.576. The zero-order chi connectivity index (χ0) is 34.2. The average Bonchev–Trinajstić information content (AvgIpc) is 3.09. The van der Waals surface area contributed by atoms with Crippen molar-refractivity contribution in [3.05, 3.63) is 99.5 Å². The minimum absolute atomic E-state index is 0. The summed E-state index contributed by atoms with van der Waals surface area (Å²) in [7, 11) is 0. The molecule has 3 aromatic rings. The molecule has 1 fully saturated rings. The van der Waals surface area contributed by atoms with Crippen LogP contribution in [0.15, 0.2) is 77.3 Å². The Balaban J connectivity index is 0.000000442. The van der Waals surface area contributed by atoms with E-state index in [0.717, 1.165) is 34.3 Å². The second kappa shape index (κ2) is 21.4. The second-order valence-corrected chi connectivity index (χ2v) is 12.9. The van der Waals surface area contributed by atoms with Crippen molar-refractivity contribution in [2.45, 2.75) is 85.9 Å². The Morgan fingerprint density at radius 1 is 0.854 bits per heavy atom. The van der Waals surface area contributed by atoms with E-state index in [1.165, 1.54) is 39.0 Å². The van der Waals surface area contributed by atoms with Gasteiger partial charge in [-0.25, -0.2) is 4.79 Å². The Labute approximate surface area is 296 Å². The Kier molecular flexibility index (Phi) is 18.2. The number of ketones is 1. The molecule has 0 atom stereocenters. The van der Waals surface area contributed by atoms with Crippen LogP contribution in [0.4, 0.5) is 5.69 Å². The van der Waals surface area contributed by atoms with Crippen molar-refractivity contribution < 1.29 is 23.9 Å². The third-order valence-corrected chi connectivity index (χ3v) is 9.08. The van der Waals surface area contributed by atoms with Crippen molar-refractivity contribution in [2.24, 2.45) is 0 Å². The molecule has 0 radical (unpaired) electrons. The van der Waals surface area contributed by atoms with Crippen LogP contribution in [0, 0.1) is 0 Å². The molecule has 1 aliphatic rings. The van der Waals surface area contributed by atoms with Gasteiger partial charge in [-0.3, -0.25) is 19.4 Å². The van der Waals surface area contributed by atoms with E-state index in [4.69, 9.17) is 15.2 Å². The van der Waals surface area contributed by atoms with Gasteiger partial charge in [0.25, 0.3) is 0 Å². The van der Waals surface area contributed by atoms with Gasteiger partial charge in [0.1, 0.15) is 13.2 Å². The summed E-state index contributed by atoms with van der Waals surface area (Å²) in [6, 6.07) is 23.0. The van der Waals surface area contributed by atoms with Crippen molar-refractivity contribution in [2.75, 3.05) is 38.6 Å². The van der Waals surface area contributed by atoms with Crippen LogP contribution >= 0.6 is 15.9 Å². The zero-order valence-corrected chi connectivity index (χ0v) is 29.8. The number of nitrogens with two attached hydrogens (primary N) is 1. The highest BCUT2D eigenvalue weighted by Gasteiger charge is 2.22. The minimum Gasteiger partial charge on any atom is -0.465 e. The predicted molar refractivity (Wildman–Crippen MR) is 198 cm³/mol. The molecule has 0 aliphatic heterocycles. The van der Waals surface area contributed by atoms with Crippen LogP contribution in [0.3, 0.4) is 0 Å². The number of hydrogen-bond acceptors (Lipinski definition) is 8. The molecular weight excluding hydrogens is 670 g/mol. The van der Waals surface area contributed by atoms with Gasteiger partial charge in [-0.15, -0.1) is 0 Å². The molecule has 3 aromatic carbocycles. The van der Waals surface area contributed by atoms with E-state index in [1.54, 1.807) is 6.07 Å². The SMILES string of the molecule is C.CCN(Cc1cc(C(=O)OCCN(CCOC(C)=O)C(C)C)cc(Br)c1N)C1CCCCC1.O=C(c1ccccc1)c1ccccc1. The minimum atomic E-state index is -0.360. The molecule has 262 valence electrons. The summed E-state index contributed by atoms with van der Waals surface area (Å²) in [5.41, 5.74) is 9.96. The van der Waals surface area contributed by atoms with Crippen LogP contribution in [0.5, 0.6) is 0 Å². The van der Waals surface area contributed by atoms with Crippen molar-refractivity contribution in [3.8, 4) is 0 Å². The maximum atomic E-state index is 12.8. The molecule has 48 heavy (non-hydrogen) atoms. The number of esters is 2. The van der Waals surface area contributed by atoms with E-state index >= 15 is 0 Å². The van der Waals surface area contributed by atoms with Crippen molar-refractivity contribution in [3.63, 3.8) is 0 Å². The van der Waals surface area contributed by atoms with E-state index in [-0.39, 0.29) is 37.8 Å². The number of carbonyl (C=O) groups excluding carboxylic acids is 3. The molecule has 0 bridgehead atoms. The van der Waals surface area contributed by atoms with Gasteiger partial charge in [0.15, 0.2) is 5.78 Å². The highest BCUT2D eigenvalue weighted by atomic mass is 79.9. The molecule has 0 unspecified atom stereocenters. The third-order valence-electron chi connectivity index (χ3n) is 8.42. The fraction of sp³-hybridized carbons (Fsp3) is 0.462. The number of nitrogens with zero attached hydrogens (tertiary/aromatic N) is 2. The van der Waals surface area contributed by atoms with Gasteiger partial charge in [0, 0.05) is 54.2 Å².